The number of rotatable bonds is 3. The van der Waals surface area contributed by atoms with E-state index in [1.807, 2.05) is 0 Å². The molecule has 0 rings (SSSR count). The van der Waals surface area contributed by atoms with Crippen molar-refractivity contribution in [2.45, 2.75) is 22.7 Å². The Balaban J connectivity index is 5.19. The van der Waals surface area contributed by atoms with Gasteiger partial charge in [-0.2, -0.15) is 0 Å². The minimum atomic E-state index is -2.19. The maximum atomic E-state index is 5.81. The van der Waals surface area contributed by atoms with Gasteiger partial charge in [-0.05, 0) is 0 Å². The standard InChI is InChI=1S/C5H2Cl10/c6-1(2(7)8)3(9,10)4(11,12)5(13,14)15/h1-2H. The van der Waals surface area contributed by atoms with Gasteiger partial charge in [0.1, 0.15) is 4.84 Å². The molecule has 0 aromatic carbocycles. The van der Waals surface area contributed by atoms with Crippen LogP contribution in [0.1, 0.15) is 0 Å². The highest BCUT2D eigenvalue weighted by Gasteiger charge is 2.63. The Morgan fingerprint density at radius 2 is 1.00 bits per heavy atom. The lowest BCUT2D eigenvalue weighted by Gasteiger charge is -2.40. The number of halogens is 10. The van der Waals surface area contributed by atoms with Gasteiger partial charge in [0.15, 0.2) is 8.67 Å². The Labute approximate surface area is 137 Å². The van der Waals surface area contributed by atoms with Crippen LogP contribution in [0.15, 0.2) is 0 Å². The lowest BCUT2D eigenvalue weighted by atomic mass is 10.2. The van der Waals surface area contributed by atoms with Crippen molar-refractivity contribution in [2.75, 3.05) is 0 Å². The van der Waals surface area contributed by atoms with Gasteiger partial charge in [-0.3, -0.25) is 0 Å². The molecule has 0 radical (unpaired) electrons. The van der Waals surface area contributed by atoms with Gasteiger partial charge in [0.2, 0.25) is 3.79 Å². The van der Waals surface area contributed by atoms with Gasteiger partial charge in [0.25, 0.3) is 0 Å². The molecular weight excluding hydrogens is 415 g/mol. The molecular formula is C5H2Cl10. The average Bonchev–Trinajstić information content (AvgIpc) is 2.00. The molecule has 0 aliphatic rings. The Kier molecular flexibility index (Phi) is 7.05. The van der Waals surface area contributed by atoms with Crippen LogP contribution in [0.4, 0.5) is 0 Å². The zero-order valence-corrected chi connectivity index (χ0v) is 14.0. The first-order chi connectivity index (χ1) is 6.35. The van der Waals surface area contributed by atoms with Crippen LogP contribution in [-0.4, -0.2) is 22.7 Å². The third-order valence-corrected chi connectivity index (χ3v) is 6.92. The molecule has 0 spiro atoms. The molecule has 10 heteroatoms. The van der Waals surface area contributed by atoms with E-state index in [-0.39, 0.29) is 0 Å². The van der Waals surface area contributed by atoms with Crippen molar-refractivity contribution in [3.05, 3.63) is 0 Å². The molecule has 0 aromatic rings. The normalized spacial score (nSPS) is 17.0. The molecule has 0 nitrogen and oxygen atoms in total. The van der Waals surface area contributed by atoms with Gasteiger partial charge in [-0.15, -0.1) is 34.8 Å². The Bertz CT molecular complexity index is 214. The van der Waals surface area contributed by atoms with Crippen LogP contribution < -0.4 is 0 Å². The molecule has 0 saturated heterocycles. The summed E-state index contributed by atoms with van der Waals surface area (Å²) in [5, 5.41) is -1.24. The predicted molar refractivity (Wildman–Crippen MR) is 74.3 cm³/mol. The molecule has 0 aliphatic carbocycles. The molecule has 15 heavy (non-hydrogen) atoms. The van der Waals surface area contributed by atoms with Crippen molar-refractivity contribution >= 4 is 116 Å². The first-order valence-electron chi connectivity index (χ1n) is 3.10. The van der Waals surface area contributed by atoms with Crippen molar-refractivity contribution in [2.24, 2.45) is 0 Å². The summed E-state index contributed by atoms with van der Waals surface area (Å²) in [6, 6.07) is 0. The fourth-order valence-electron chi connectivity index (χ4n) is 0.520. The molecule has 0 saturated carbocycles. The molecule has 0 aliphatic heterocycles. The van der Waals surface area contributed by atoms with E-state index in [2.05, 4.69) is 0 Å². The summed E-state index contributed by atoms with van der Waals surface area (Å²) in [5.41, 5.74) is 0. The largest absolute Gasteiger partial charge is 0.226 e. The third-order valence-electron chi connectivity index (χ3n) is 1.34. The summed E-state index contributed by atoms with van der Waals surface area (Å²) in [6.07, 6.45) is 0. The van der Waals surface area contributed by atoms with E-state index in [0.717, 1.165) is 0 Å². The molecule has 0 bridgehead atoms. The fraction of sp³-hybridized carbons (Fsp3) is 1.00. The Morgan fingerprint density at radius 1 is 0.667 bits per heavy atom. The second kappa shape index (κ2) is 5.90. The first-order valence-corrected chi connectivity index (χ1v) is 7.05. The molecule has 0 fully saturated rings. The summed E-state index contributed by atoms with van der Waals surface area (Å²) in [7, 11) is 0. The van der Waals surface area contributed by atoms with Crippen LogP contribution in [0, 0.1) is 0 Å². The van der Waals surface area contributed by atoms with Gasteiger partial charge >= 0.3 is 0 Å². The topological polar surface area (TPSA) is 0 Å². The SMILES string of the molecule is ClC(Cl)C(Cl)C(Cl)(Cl)C(Cl)(Cl)C(Cl)(Cl)Cl. The molecule has 0 amide bonds. The van der Waals surface area contributed by atoms with Gasteiger partial charge in [0, 0.05) is 0 Å². The molecule has 0 N–H and O–H groups in total. The minimum Gasteiger partial charge on any atom is -0.117 e. The van der Waals surface area contributed by atoms with Crippen molar-refractivity contribution in [3.8, 4) is 0 Å². The molecule has 0 aromatic heterocycles. The highest BCUT2D eigenvalue weighted by molar-refractivity contribution is 6.79. The lowest BCUT2D eigenvalue weighted by Crippen LogP contribution is -2.53. The van der Waals surface area contributed by atoms with Crippen molar-refractivity contribution < 1.29 is 0 Å². The van der Waals surface area contributed by atoms with E-state index in [1.165, 1.54) is 0 Å². The second-order valence-electron chi connectivity index (χ2n) is 2.43. The first kappa shape index (κ1) is 17.9. The van der Waals surface area contributed by atoms with E-state index in [0.29, 0.717) is 0 Å². The summed E-state index contributed by atoms with van der Waals surface area (Å²) < 4.78 is -6.42. The zero-order valence-electron chi connectivity index (χ0n) is 6.43. The maximum Gasteiger partial charge on any atom is 0.226 e. The summed E-state index contributed by atoms with van der Waals surface area (Å²) >= 11 is 56.3. The van der Waals surface area contributed by atoms with Crippen LogP contribution in [0.2, 0.25) is 0 Å². The van der Waals surface area contributed by atoms with Crippen LogP contribution in [0.3, 0.4) is 0 Å². The number of hydrogen-bond donors (Lipinski definition) is 0. The monoisotopic (exact) mass is 412 g/mol. The second-order valence-corrected chi connectivity index (χ2v) is 9.06. The van der Waals surface area contributed by atoms with E-state index < -0.39 is 22.7 Å². The number of alkyl halides is 10. The highest BCUT2D eigenvalue weighted by atomic mass is 35.6. The minimum absolute atomic E-state index is 1.15. The maximum absolute atomic E-state index is 5.81. The van der Waals surface area contributed by atoms with Gasteiger partial charge < -0.3 is 0 Å². The smallest absolute Gasteiger partial charge is 0.117 e. The van der Waals surface area contributed by atoms with Crippen LogP contribution in [0.5, 0.6) is 0 Å². The Hall–Kier alpha value is 2.90. The van der Waals surface area contributed by atoms with Crippen LogP contribution in [-0.2, 0) is 0 Å². The van der Waals surface area contributed by atoms with Gasteiger partial charge in [-0.1, -0.05) is 81.2 Å². The van der Waals surface area contributed by atoms with Crippen LogP contribution in [0.25, 0.3) is 0 Å². The number of hydrogen-bond acceptors (Lipinski definition) is 0. The Morgan fingerprint density at radius 3 is 1.20 bits per heavy atom. The lowest BCUT2D eigenvalue weighted by molar-refractivity contribution is 0.639. The van der Waals surface area contributed by atoms with Crippen LogP contribution >= 0.6 is 116 Å². The summed E-state index contributed by atoms with van der Waals surface area (Å²) in [4.78, 5) is -1.15. The van der Waals surface area contributed by atoms with Gasteiger partial charge in [-0.25, -0.2) is 0 Å². The predicted octanol–water partition coefficient (Wildman–Crippen LogP) is 6.12. The van der Waals surface area contributed by atoms with Crippen molar-refractivity contribution in [1.82, 2.24) is 0 Å². The quantitative estimate of drug-likeness (QED) is 0.487. The third kappa shape index (κ3) is 3.93. The average molecular weight is 417 g/mol. The van der Waals surface area contributed by atoms with Gasteiger partial charge in [0.05, 0.1) is 5.38 Å². The van der Waals surface area contributed by atoms with E-state index >= 15 is 0 Å². The molecule has 92 valence electrons. The molecule has 1 atom stereocenters. The van der Waals surface area contributed by atoms with Crippen molar-refractivity contribution in [1.29, 1.82) is 0 Å². The van der Waals surface area contributed by atoms with E-state index in [9.17, 15) is 0 Å². The summed E-state index contributed by atoms with van der Waals surface area (Å²) in [5.74, 6) is 0. The zero-order chi connectivity index (χ0) is 12.7. The van der Waals surface area contributed by atoms with E-state index in [4.69, 9.17) is 116 Å². The summed E-state index contributed by atoms with van der Waals surface area (Å²) in [6.45, 7) is 0. The van der Waals surface area contributed by atoms with Crippen molar-refractivity contribution in [3.63, 3.8) is 0 Å². The molecule has 1 unspecified atom stereocenters. The highest BCUT2D eigenvalue weighted by Crippen LogP contribution is 2.59. The molecule has 0 heterocycles. The van der Waals surface area contributed by atoms with E-state index in [1.54, 1.807) is 0 Å². The fourth-order valence-corrected chi connectivity index (χ4v) is 2.94.